The minimum Gasteiger partial charge on any atom is -0.376 e. The highest BCUT2D eigenvalue weighted by molar-refractivity contribution is 7.91. The SMILES string of the molecule is O=C1c2ccc(S(=O)(=O)c3ccc4c(c3)C(=O)N(c3ccc(OS(=O)(=O)C(F)(F)F)cc3)C4=O)cc2C(=O)N1c1ccc(OS(=O)(=O)C(F)(F)F)cc1. The smallest absolute Gasteiger partial charge is 0.376 e. The largest absolute Gasteiger partial charge is 0.534 e. The molecule has 0 aliphatic carbocycles. The maximum absolute atomic E-state index is 13.7. The Morgan fingerprint density at radius 1 is 0.434 bits per heavy atom. The molecule has 2 aliphatic heterocycles. The Kier molecular flexibility index (Phi) is 8.46. The van der Waals surface area contributed by atoms with Crippen LogP contribution < -0.4 is 18.2 Å². The number of imide groups is 2. The van der Waals surface area contributed by atoms with Gasteiger partial charge in [-0.2, -0.15) is 43.2 Å². The van der Waals surface area contributed by atoms with Crippen LogP contribution in [0.15, 0.2) is 94.7 Å². The first kappa shape index (κ1) is 37.0. The number of hydrogen-bond donors (Lipinski definition) is 0. The summed E-state index contributed by atoms with van der Waals surface area (Å²) in [7, 11) is -16.6. The summed E-state index contributed by atoms with van der Waals surface area (Å²) in [6.07, 6.45) is 0. The Labute approximate surface area is 292 Å². The Bertz CT molecular complexity index is 2430. The van der Waals surface area contributed by atoms with Gasteiger partial charge in [0.15, 0.2) is 0 Å². The van der Waals surface area contributed by atoms with Crippen molar-refractivity contribution in [3.8, 4) is 11.5 Å². The number of anilines is 2. The number of nitrogens with zero attached hydrogens (tertiary/aromatic N) is 2. The van der Waals surface area contributed by atoms with Gasteiger partial charge in [-0.05, 0) is 84.9 Å². The highest BCUT2D eigenvalue weighted by Crippen LogP contribution is 2.36. The molecule has 0 fully saturated rings. The quantitative estimate of drug-likeness (QED) is 0.104. The monoisotopic (exact) mass is 804 g/mol. The zero-order valence-corrected chi connectivity index (χ0v) is 27.8. The number of halogens is 6. The molecule has 4 aromatic carbocycles. The van der Waals surface area contributed by atoms with E-state index >= 15 is 0 Å². The number of fused-ring (bicyclic) bond motifs is 2. The van der Waals surface area contributed by atoms with Crippen LogP contribution in [0.25, 0.3) is 0 Å². The normalized spacial score (nSPS) is 15.1. The maximum Gasteiger partial charge on any atom is 0.534 e. The Morgan fingerprint density at radius 2 is 0.736 bits per heavy atom. The maximum atomic E-state index is 13.7. The lowest BCUT2D eigenvalue weighted by Gasteiger charge is -2.15. The summed E-state index contributed by atoms with van der Waals surface area (Å²) in [5.41, 5.74) is -13.3. The van der Waals surface area contributed by atoms with Crippen molar-refractivity contribution in [3.05, 3.63) is 107 Å². The first-order chi connectivity index (χ1) is 24.4. The van der Waals surface area contributed by atoms with Crippen LogP contribution in [-0.2, 0) is 30.1 Å². The molecule has 0 aromatic heterocycles. The molecule has 0 unspecified atom stereocenters. The van der Waals surface area contributed by atoms with Crippen molar-refractivity contribution in [1.82, 2.24) is 0 Å². The van der Waals surface area contributed by atoms with Gasteiger partial charge in [0.2, 0.25) is 9.84 Å². The number of carbonyl (C=O) groups is 4. The molecule has 2 aliphatic rings. The summed E-state index contributed by atoms with van der Waals surface area (Å²) >= 11 is 0. The van der Waals surface area contributed by atoms with Crippen molar-refractivity contribution in [1.29, 1.82) is 0 Å². The van der Waals surface area contributed by atoms with Gasteiger partial charge in [-0.25, -0.2) is 18.2 Å². The molecule has 53 heavy (non-hydrogen) atoms. The van der Waals surface area contributed by atoms with E-state index in [0.29, 0.717) is 9.80 Å². The molecule has 23 heteroatoms. The third kappa shape index (κ3) is 6.24. The van der Waals surface area contributed by atoms with Crippen LogP contribution in [0.3, 0.4) is 0 Å². The Morgan fingerprint density at radius 3 is 1.04 bits per heavy atom. The van der Waals surface area contributed by atoms with Gasteiger partial charge in [-0.3, -0.25) is 19.2 Å². The molecule has 6 rings (SSSR count). The van der Waals surface area contributed by atoms with Crippen LogP contribution in [0.5, 0.6) is 11.5 Å². The summed E-state index contributed by atoms with van der Waals surface area (Å²) in [4.78, 5) is 52.7. The summed E-state index contributed by atoms with van der Waals surface area (Å²) < 4.78 is 156. The van der Waals surface area contributed by atoms with Crippen LogP contribution in [0.2, 0.25) is 0 Å². The third-order valence-corrected chi connectivity index (χ3v) is 11.2. The van der Waals surface area contributed by atoms with Gasteiger partial charge >= 0.3 is 31.3 Å². The highest BCUT2D eigenvalue weighted by Gasteiger charge is 2.49. The number of rotatable bonds is 8. The molecule has 0 radical (unpaired) electrons. The molecule has 0 saturated carbocycles. The zero-order valence-electron chi connectivity index (χ0n) is 25.4. The third-order valence-electron chi connectivity index (χ3n) is 7.51. The molecule has 14 nitrogen and oxygen atoms in total. The highest BCUT2D eigenvalue weighted by atomic mass is 32.2. The average Bonchev–Trinajstić information content (AvgIpc) is 3.47. The van der Waals surface area contributed by atoms with Gasteiger partial charge in [0, 0.05) is 0 Å². The standard InChI is InChI=1S/C30H14F6N2O12S3/c31-29(32,33)52(45,46)49-17-5-1-15(2-6-17)37-25(39)21-11-9-19(13-23(21)27(37)41)51(43,44)20-10-12-22-24(14-20)28(42)38(26(22)40)16-3-7-18(8-4-16)50-53(47,48)30(34,35)36/h1-14H. The lowest BCUT2D eigenvalue weighted by molar-refractivity contribution is -0.0504. The van der Waals surface area contributed by atoms with E-state index in [9.17, 15) is 70.8 Å². The molecule has 0 spiro atoms. The number of sulfone groups is 1. The summed E-state index contributed by atoms with van der Waals surface area (Å²) in [5, 5.41) is 0. The van der Waals surface area contributed by atoms with Crippen LogP contribution in [0, 0.1) is 0 Å². The van der Waals surface area contributed by atoms with Crippen molar-refractivity contribution < 1.29 is 79.1 Å². The summed E-state index contributed by atoms with van der Waals surface area (Å²) in [6, 6.07) is 12.3. The van der Waals surface area contributed by atoms with Crippen LogP contribution in [0.4, 0.5) is 37.7 Å². The average molecular weight is 805 g/mol. The molecule has 0 N–H and O–H groups in total. The van der Waals surface area contributed by atoms with Gasteiger partial charge in [0.1, 0.15) is 11.5 Å². The topological polar surface area (TPSA) is 196 Å². The second kappa shape index (κ2) is 12.1. The number of carbonyl (C=O) groups excluding carboxylic acids is 4. The predicted molar refractivity (Wildman–Crippen MR) is 165 cm³/mol. The fraction of sp³-hybridized carbons (Fsp3) is 0.0667. The van der Waals surface area contributed by atoms with E-state index in [2.05, 4.69) is 8.37 Å². The molecule has 2 heterocycles. The summed E-state index contributed by atoms with van der Waals surface area (Å²) in [5.74, 6) is -5.63. The van der Waals surface area contributed by atoms with Gasteiger partial charge in [-0.1, -0.05) is 0 Å². The minimum atomic E-state index is -6.02. The molecule has 276 valence electrons. The van der Waals surface area contributed by atoms with Crippen molar-refractivity contribution in [3.63, 3.8) is 0 Å². The Balaban J connectivity index is 1.24. The van der Waals surface area contributed by atoms with Crippen LogP contribution in [-0.4, -0.2) is 59.9 Å². The number of amides is 4. The van der Waals surface area contributed by atoms with Crippen LogP contribution in [0.1, 0.15) is 41.4 Å². The molecular formula is C30H14F6N2O12S3. The van der Waals surface area contributed by atoms with Crippen molar-refractivity contribution in [2.45, 2.75) is 20.8 Å². The second-order valence-electron chi connectivity index (χ2n) is 10.8. The first-order valence-corrected chi connectivity index (χ1v) is 18.3. The van der Waals surface area contributed by atoms with Crippen molar-refractivity contribution in [2.24, 2.45) is 0 Å². The predicted octanol–water partition coefficient (Wildman–Crippen LogP) is 4.58. The second-order valence-corrected chi connectivity index (χ2v) is 15.8. The van der Waals surface area contributed by atoms with Gasteiger partial charge in [-0.15, -0.1) is 0 Å². The zero-order chi connectivity index (χ0) is 39.1. The van der Waals surface area contributed by atoms with Gasteiger partial charge in [0.25, 0.3) is 23.6 Å². The molecule has 4 aromatic rings. The number of alkyl halides is 6. The van der Waals surface area contributed by atoms with Crippen LogP contribution >= 0.6 is 0 Å². The molecule has 0 saturated heterocycles. The van der Waals surface area contributed by atoms with E-state index < -0.39 is 97.1 Å². The van der Waals surface area contributed by atoms with E-state index in [0.717, 1.165) is 84.9 Å². The number of benzene rings is 4. The van der Waals surface area contributed by atoms with E-state index in [1.165, 1.54) is 0 Å². The van der Waals surface area contributed by atoms with Gasteiger partial charge in [0.05, 0.1) is 43.4 Å². The Hall–Kier alpha value is -5.81. The first-order valence-electron chi connectivity index (χ1n) is 14.0. The van der Waals surface area contributed by atoms with Gasteiger partial charge < -0.3 is 8.37 Å². The van der Waals surface area contributed by atoms with E-state index in [4.69, 9.17) is 0 Å². The summed E-state index contributed by atoms with van der Waals surface area (Å²) in [6.45, 7) is 0. The molecule has 0 bridgehead atoms. The minimum absolute atomic E-state index is 0.239. The van der Waals surface area contributed by atoms with Crippen molar-refractivity contribution >= 4 is 65.1 Å². The lowest BCUT2D eigenvalue weighted by atomic mass is 10.1. The van der Waals surface area contributed by atoms with E-state index in [-0.39, 0.29) is 22.5 Å². The van der Waals surface area contributed by atoms with Crippen molar-refractivity contribution in [2.75, 3.05) is 9.80 Å². The fourth-order valence-corrected chi connectivity index (χ4v) is 7.26. The molecule has 4 amide bonds. The molecule has 0 atom stereocenters. The molecular weight excluding hydrogens is 791 g/mol. The van der Waals surface area contributed by atoms with E-state index in [1.54, 1.807) is 0 Å². The number of hydrogen-bond acceptors (Lipinski definition) is 12. The lowest BCUT2D eigenvalue weighted by Crippen LogP contribution is -2.29. The fourth-order valence-electron chi connectivity index (χ4n) is 5.03. The van der Waals surface area contributed by atoms with E-state index in [1.807, 2.05) is 0 Å².